The second-order valence-electron chi connectivity index (χ2n) is 6.15. The molecule has 0 aliphatic heterocycles. The van der Waals surface area contributed by atoms with Gasteiger partial charge in [-0.25, -0.2) is 4.98 Å². The molecular weight excluding hydrogens is 467 g/mol. The predicted molar refractivity (Wildman–Crippen MR) is 105 cm³/mol. The first-order valence-corrected chi connectivity index (χ1v) is 9.22. The largest absolute Gasteiger partial charge is 0.506 e. The molecule has 7 nitrogen and oxygen atoms in total. The number of nitrogens with one attached hydrogen (secondary N) is 1. The Morgan fingerprint density at radius 1 is 1.07 bits per heavy atom. The molecule has 0 saturated carbocycles. The Labute approximate surface area is 175 Å². The summed E-state index contributed by atoms with van der Waals surface area (Å²) in [5.41, 5.74) is -0.580. The molecule has 0 bridgehead atoms. The number of aromatic hydroxyl groups is 1. The minimum Gasteiger partial charge on any atom is -0.506 e. The second-order valence-corrected chi connectivity index (χ2v) is 7.07. The third kappa shape index (κ3) is 3.83. The summed E-state index contributed by atoms with van der Waals surface area (Å²) in [6, 6.07) is 13.4. The van der Waals surface area contributed by atoms with Crippen LogP contribution < -0.4 is 5.32 Å². The molecule has 0 spiro atoms. The molecule has 0 unspecified atom stereocenters. The topological polar surface area (TPSA) is 92.4 Å². The standard InChI is InChI=1S/C19H11BrF3N5O2/c20-11-6-7-14(29)13(8-11)24-17(30)16-26-18-25-12(10-4-2-1-3-5-10)9-15(19(21,22)23)28(18)27-16/h1-9,29H,(H,24,30). The van der Waals surface area contributed by atoms with E-state index < -0.39 is 23.6 Å². The monoisotopic (exact) mass is 477 g/mol. The minimum atomic E-state index is -4.76. The molecule has 4 aromatic rings. The number of amides is 1. The van der Waals surface area contributed by atoms with Crippen molar-refractivity contribution in [1.82, 2.24) is 19.6 Å². The van der Waals surface area contributed by atoms with Crippen LogP contribution in [-0.2, 0) is 6.18 Å². The zero-order chi connectivity index (χ0) is 21.5. The van der Waals surface area contributed by atoms with Crippen LogP contribution in [0.5, 0.6) is 5.75 Å². The fourth-order valence-electron chi connectivity index (χ4n) is 2.71. The number of phenolic OH excluding ortho intramolecular Hbond substituents is 1. The average Bonchev–Trinajstić information content (AvgIpc) is 3.14. The number of carbonyl (C=O) groups excluding carboxylic acids is 1. The Morgan fingerprint density at radius 2 is 1.80 bits per heavy atom. The first-order chi connectivity index (χ1) is 14.2. The van der Waals surface area contributed by atoms with Crippen LogP contribution in [0.1, 0.15) is 16.3 Å². The zero-order valence-corrected chi connectivity index (χ0v) is 16.4. The van der Waals surface area contributed by atoms with E-state index in [1.54, 1.807) is 36.4 Å². The van der Waals surface area contributed by atoms with Crippen LogP contribution >= 0.6 is 15.9 Å². The quantitative estimate of drug-likeness (QED) is 0.423. The van der Waals surface area contributed by atoms with Crippen molar-refractivity contribution in [2.45, 2.75) is 6.18 Å². The van der Waals surface area contributed by atoms with Gasteiger partial charge in [-0.2, -0.15) is 22.7 Å². The van der Waals surface area contributed by atoms with Crippen LogP contribution in [0.15, 0.2) is 59.1 Å². The first-order valence-electron chi connectivity index (χ1n) is 8.42. The lowest BCUT2D eigenvalue weighted by Crippen LogP contribution is -2.16. The van der Waals surface area contributed by atoms with Gasteiger partial charge in [-0.05, 0) is 24.3 Å². The van der Waals surface area contributed by atoms with Gasteiger partial charge in [-0.1, -0.05) is 46.3 Å². The number of phenols is 1. The normalized spacial score (nSPS) is 11.6. The highest BCUT2D eigenvalue weighted by Gasteiger charge is 2.36. The molecule has 0 saturated heterocycles. The Morgan fingerprint density at radius 3 is 2.50 bits per heavy atom. The maximum Gasteiger partial charge on any atom is 0.433 e. The Kier molecular flexibility index (Phi) is 4.90. The van der Waals surface area contributed by atoms with Crippen LogP contribution in [0.2, 0.25) is 0 Å². The molecule has 0 aliphatic rings. The van der Waals surface area contributed by atoms with Gasteiger partial charge in [-0.3, -0.25) is 4.79 Å². The van der Waals surface area contributed by atoms with Gasteiger partial charge < -0.3 is 10.4 Å². The number of hydrogen-bond donors (Lipinski definition) is 2. The summed E-state index contributed by atoms with van der Waals surface area (Å²) in [7, 11) is 0. The molecule has 1 amide bonds. The van der Waals surface area contributed by atoms with E-state index >= 15 is 0 Å². The fraction of sp³-hybridized carbons (Fsp3) is 0.0526. The number of anilines is 1. The minimum absolute atomic E-state index is 0.0411. The van der Waals surface area contributed by atoms with E-state index in [1.165, 1.54) is 12.1 Å². The molecule has 2 heterocycles. The third-order valence-electron chi connectivity index (χ3n) is 4.08. The van der Waals surface area contributed by atoms with Crippen molar-refractivity contribution in [1.29, 1.82) is 0 Å². The summed E-state index contributed by atoms with van der Waals surface area (Å²) in [6.07, 6.45) is -4.76. The zero-order valence-electron chi connectivity index (χ0n) is 14.9. The van der Waals surface area contributed by atoms with E-state index in [4.69, 9.17) is 0 Å². The van der Waals surface area contributed by atoms with Crippen molar-refractivity contribution in [2.24, 2.45) is 0 Å². The van der Waals surface area contributed by atoms with Gasteiger partial charge in [0.25, 0.3) is 11.7 Å². The van der Waals surface area contributed by atoms with Crippen LogP contribution in [0, 0.1) is 0 Å². The number of aromatic nitrogens is 4. The highest BCUT2D eigenvalue weighted by Crippen LogP contribution is 2.32. The van der Waals surface area contributed by atoms with Gasteiger partial charge in [0.15, 0.2) is 5.69 Å². The number of halogens is 4. The molecule has 0 aliphatic carbocycles. The Balaban J connectivity index is 1.79. The van der Waals surface area contributed by atoms with Crippen molar-refractivity contribution in [3.63, 3.8) is 0 Å². The summed E-state index contributed by atoms with van der Waals surface area (Å²) in [6.45, 7) is 0. The third-order valence-corrected chi connectivity index (χ3v) is 4.58. The van der Waals surface area contributed by atoms with Crippen molar-refractivity contribution in [2.75, 3.05) is 5.32 Å². The SMILES string of the molecule is O=C(Nc1cc(Br)ccc1O)c1nc2nc(-c3ccccc3)cc(C(F)(F)F)n2n1. The smallest absolute Gasteiger partial charge is 0.433 e. The van der Waals surface area contributed by atoms with E-state index in [9.17, 15) is 23.1 Å². The van der Waals surface area contributed by atoms with Crippen molar-refractivity contribution in [3.05, 3.63) is 70.6 Å². The predicted octanol–water partition coefficient (Wildman–Crippen LogP) is 4.53. The molecular formula is C19H11BrF3N5O2. The molecule has 11 heteroatoms. The van der Waals surface area contributed by atoms with E-state index in [1.807, 2.05) is 0 Å². The Bertz CT molecular complexity index is 1260. The highest BCUT2D eigenvalue weighted by atomic mass is 79.9. The van der Waals surface area contributed by atoms with Gasteiger partial charge in [0.1, 0.15) is 5.75 Å². The molecule has 0 atom stereocenters. The number of hydrogen-bond acceptors (Lipinski definition) is 5. The summed E-state index contributed by atoms with van der Waals surface area (Å²) in [5, 5.41) is 15.9. The Hall–Kier alpha value is -3.47. The van der Waals surface area contributed by atoms with E-state index in [2.05, 4.69) is 36.3 Å². The molecule has 0 radical (unpaired) electrons. The number of alkyl halides is 3. The maximum atomic E-state index is 13.6. The number of nitrogens with zero attached hydrogens (tertiary/aromatic N) is 4. The van der Waals surface area contributed by atoms with E-state index in [0.717, 1.165) is 6.07 Å². The van der Waals surface area contributed by atoms with Gasteiger partial charge in [-0.15, -0.1) is 5.10 Å². The van der Waals surface area contributed by atoms with Crippen LogP contribution in [0.4, 0.5) is 18.9 Å². The number of carbonyl (C=O) groups is 1. The van der Waals surface area contributed by atoms with Crippen molar-refractivity contribution >= 4 is 33.3 Å². The van der Waals surface area contributed by atoms with Crippen LogP contribution in [0.3, 0.4) is 0 Å². The molecule has 2 aromatic heterocycles. The highest BCUT2D eigenvalue weighted by molar-refractivity contribution is 9.10. The van der Waals surface area contributed by atoms with Crippen LogP contribution in [-0.4, -0.2) is 30.6 Å². The lowest BCUT2D eigenvalue weighted by molar-refractivity contribution is -0.142. The van der Waals surface area contributed by atoms with Gasteiger partial charge in [0.05, 0.1) is 11.4 Å². The second kappa shape index (κ2) is 7.41. The molecule has 30 heavy (non-hydrogen) atoms. The summed E-state index contributed by atoms with van der Waals surface area (Å²) < 4.78 is 41.9. The van der Waals surface area contributed by atoms with E-state index in [-0.39, 0.29) is 22.9 Å². The lowest BCUT2D eigenvalue weighted by atomic mass is 10.1. The summed E-state index contributed by atoms with van der Waals surface area (Å²) >= 11 is 3.20. The number of benzene rings is 2. The molecule has 2 aromatic carbocycles. The number of rotatable bonds is 3. The number of fused-ring (bicyclic) bond motifs is 1. The maximum absolute atomic E-state index is 13.6. The molecule has 4 rings (SSSR count). The van der Waals surface area contributed by atoms with Crippen LogP contribution in [0.25, 0.3) is 17.0 Å². The summed E-state index contributed by atoms with van der Waals surface area (Å²) in [4.78, 5) is 20.4. The molecule has 0 fully saturated rings. The lowest BCUT2D eigenvalue weighted by Gasteiger charge is -2.10. The van der Waals surface area contributed by atoms with Gasteiger partial charge >= 0.3 is 6.18 Å². The van der Waals surface area contributed by atoms with Crippen molar-refractivity contribution in [3.8, 4) is 17.0 Å². The average molecular weight is 478 g/mol. The molecule has 152 valence electrons. The molecule has 2 N–H and O–H groups in total. The fourth-order valence-corrected chi connectivity index (χ4v) is 3.07. The van der Waals surface area contributed by atoms with E-state index in [0.29, 0.717) is 14.6 Å². The first kappa shape index (κ1) is 19.8. The summed E-state index contributed by atoms with van der Waals surface area (Å²) in [5.74, 6) is -2.04. The van der Waals surface area contributed by atoms with Gasteiger partial charge in [0.2, 0.25) is 5.82 Å². The van der Waals surface area contributed by atoms with Crippen molar-refractivity contribution < 1.29 is 23.1 Å². The van der Waals surface area contributed by atoms with Gasteiger partial charge in [0, 0.05) is 10.0 Å².